The van der Waals surface area contributed by atoms with Crippen molar-refractivity contribution in [1.82, 2.24) is 10.1 Å². The summed E-state index contributed by atoms with van der Waals surface area (Å²) in [6, 6.07) is 6.04. The van der Waals surface area contributed by atoms with E-state index < -0.39 is 5.54 Å². The highest BCUT2D eigenvalue weighted by molar-refractivity contribution is 5.59. The zero-order valence-corrected chi connectivity index (χ0v) is 12.0. The Bertz CT molecular complexity index is 659. The molecule has 0 bridgehead atoms. The minimum absolute atomic E-state index is 0.441. The molecule has 21 heavy (non-hydrogen) atoms. The molecule has 0 saturated heterocycles. The zero-order valence-electron chi connectivity index (χ0n) is 12.0. The number of aromatic nitrogens is 2. The van der Waals surface area contributed by atoms with Gasteiger partial charge in [0.05, 0.1) is 12.1 Å². The van der Waals surface area contributed by atoms with Crippen LogP contribution in [0.1, 0.15) is 43.6 Å². The van der Waals surface area contributed by atoms with Crippen LogP contribution in [0.25, 0.3) is 11.4 Å². The lowest BCUT2D eigenvalue weighted by atomic mass is 9.82. The Morgan fingerprint density at radius 3 is 2.86 bits per heavy atom. The molecule has 1 saturated carbocycles. The van der Waals surface area contributed by atoms with Crippen molar-refractivity contribution in [2.75, 3.05) is 6.61 Å². The molecule has 0 radical (unpaired) electrons. The summed E-state index contributed by atoms with van der Waals surface area (Å²) in [4.78, 5) is 4.56. The number of nitrogens with two attached hydrogens (primary N) is 1. The van der Waals surface area contributed by atoms with Gasteiger partial charge in [-0.05, 0) is 36.6 Å². The molecular formula is C16H19N3O2. The first-order valence-corrected chi connectivity index (χ1v) is 7.64. The monoisotopic (exact) mass is 285 g/mol. The predicted molar refractivity (Wildman–Crippen MR) is 77.9 cm³/mol. The molecule has 2 heterocycles. The molecule has 1 aliphatic heterocycles. The zero-order chi connectivity index (χ0) is 14.3. The SMILES string of the molecule is NC1(c2nc(-c3ccc4c(c3)CCO4)no2)CCCCC1. The Morgan fingerprint density at radius 2 is 2.00 bits per heavy atom. The first-order valence-electron chi connectivity index (χ1n) is 7.64. The van der Waals surface area contributed by atoms with Gasteiger partial charge in [0.25, 0.3) is 0 Å². The lowest BCUT2D eigenvalue weighted by Crippen LogP contribution is -2.38. The van der Waals surface area contributed by atoms with E-state index in [1.807, 2.05) is 12.1 Å². The minimum atomic E-state index is -0.441. The third-order valence-corrected chi connectivity index (χ3v) is 4.55. The number of hydrogen-bond donors (Lipinski definition) is 1. The van der Waals surface area contributed by atoms with Gasteiger partial charge >= 0.3 is 0 Å². The summed E-state index contributed by atoms with van der Waals surface area (Å²) in [5.74, 6) is 2.16. The molecule has 0 atom stereocenters. The highest BCUT2D eigenvalue weighted by atomic mass is 16.5. The maximum Gasteiger partial charge on any atom is 0.247 e. The quantitative estimate of drug-likeness (QED) is 0.918. The summed E-state index contributed by atoms with van der Waals surface area (Å²) in [6.07, 6.45) is 6.29. The standard InChI is InChI=1S/C16H19N3O2/c17-16(7-2-1-3-8-16)15-18-14(19-21-15)12-4-5-13-11(10-12)6-9-20-13/h4-5,10H,1-3,6-9,17H2. The molecule has 1 fully saturated rings. The Kier molecular flexibility index (Phi) is 2.96. The van der Waals surface area contributed by atoms with Gasteiger partial charge in [-0.1, -0.05) is 24.4 Å². The van der Waals surface area contributed by atoms with Gasteiger partial charge in [0.15, 0.2) is 0 Å². The van der Waals surface area contributed by atoms with Crippen LogP contribution in [-0.4, -0.2) is 16.7 Å². The summed E-state index contributed by atoms with van der Waals surface area (Å²) in [5.41, 5.74) is 8.18. The largest absolute Gasteiger partial charge is 0.493 e. The molecule has 5 heteroatoms. The van der Waals surface area contributed by atoms with E-state index in [2.05, 4.69) is 16.2 Å². The van der Waals surface area contributed by atoms with E-state index in [9.17, 15) is 0 Å². The van der Waals surface area contributed by atoms with Crippen LogP contribution in [0.3, 0.4) is 0 Å². The first-order chi connectivity index (χ1) is 10.2. The molecule has 4 rings (SSSR count). The van der Waals surface area contributed by atoms with E-state index in [0.29, 0.717) is 11.7 Å². The van der Waals surface area contributed by atoms with Gasteiger partial charge in [0, 0.05) is 12.0 Å². The van der Waals surface area contributed by atoms with Crippen LogP contribution in [0.2, 0.25) is 0 Å². The van der Waals surface area contributed by atoms with Crippen LogP contribution >= 0.6 is 0 Å². The molecule has 2 aliphatic rings. The average Bonchev–Trinajstić information content (AvgIpc) is 3.17. The van der Waals surface area contributed by atoms with E-state index in [-0.39, 0.29) is 0 Å². The van der Waals surface area contributed by atoms with Gasteiger partial charge < -0.3 is 15.0 Å². The summed E-state index contributed by atoms with van der Waals surface area (Å²) >= 11 is 0. The van der Waals surface area contributed by atoms with E-state index in [1.165, 1.54) is 12.0 Å². The van der Waals surface area contributed by atoms with Gasteiger partial charge in [-0.15, -0.1) is 0 Å². The molecule has 0 amide bonds. The third kappa shape index (κ3) is 2.21. The molecule has 2 aromatic rings. The molecular weight excluding hydrogens is 266 g/mol. The van der Waals surface area contributed by atoms with Crippen molar-refractivity contribution in [3.05, 3.63) is 29.7 Å². The molecule has 1 aromatic heterocycles. The van der Waals surface area contributed by atoms with Crippen molar-refractivity contribution in [3.63, 3.8) is 0 Å². The number of fused-ring (bicyclic) bond motifs is 1. The van der Waals surface area contributed by atoms with E-state index in [4.69, 9.17) is 15.0 Å². The normalized spacial score (nSPS) is 20.0. The van der Waals surface area contributed by atoms with Crippen LogP contribution < -0.4 is 10.5 Å². The van der Waals surface area contributed by atoms with E-state index >= 15 is 0 Å². The van der Waals surface area contributed by atoms with Crippen LogP contribution in [0.4, 0.5) is 0 Å². The van der Waals surface area contributed by atoms with Crippen LogP contribution in [-0.2, 0) is 12.0 Å². The average molecular weight is 285 g/mol. The van der Waals surface area contributed by atoms with Gasteiger partial charge in [-0.25, -0.2) is 0 Å². The number of ether oxygens (including phenoxy) is 1. The molecule has 1 aromatic carbocycles. The van der Waals surface area contributed by atoms with Crippen molar-refractivity contribution >= 4 is 0 Å². The Labute approximate surface area is 123 Å². The highest BCUT2D eigenvalue weighted by Gasteiger charge is 2.35. The summed E-state index contributed by atoms with van der Waals surface area (Å²) < 4.78 is 11.0. The van der Waals surface area contributed by atoms with Crippen molar-refractivity contribution in [3.8, 4) is 17.1 Å². The van der Waals surface area contributed by atoms with Gasteiger partial charge in [-0.3, -0.25) is 0 Å². The van der Waals surface area contributed by atoms with Crippen molar-refractivity contribution in [2.45, 2.75) is 44.1 Å². The number of hydrogen-bond acceptors (Lipinski definition) is 5. The topological polar surface area (TPSA) is 74.2 Å². The summed E-state index contributed by atoms with van der Waals surface area (Å²) in [7, 11) is 0. The van der Waals surface area contributed by atoms with Crippen LogP contribution in [0.5, 0.6) is 5.75 Å². The number of benzene rings is 1. The smallest absolute Gasteiger partial charge is 0.247 e. The van der Waals surface area contributed by atoms with Crippen molar-refractivity contribution in [2.24, 2.45) is 5.73 Å². The molecule has 1 aliphatic carbocycles. The fourth-order valence-electron chi connectivity index (χ4n) is 3.27. The fraction of sp³-hybridized carbons (Fsp3) is 0.500. The second-order valence-corrected chi connectivity index (χ2v) is 6.06. The maximum atomic E-state index is 6.45. The maximum absolute atomic E-state index is 6.45. The van der Waals surface area contributed by atoms with Crippen LogP contribution in [0, 0.1) is 0 Å². The van der Waals surface area contributed by atoms with Crippen LogP contribution in [0.15, 0.2) is 22.7 Å². The molecule has 110 valence electrons. The third-order valence-electron chi connectivity index (χ3n) is 4.55. The second kappa shape index (κ2) is 4.84. The van der Waals surface area contributed by atoms with Gasteiger partial charge in [0.2, 0.25) is 11.7 Å². The Morgan fingerprint density at radius 1 is 1.14 bits per heavy atom. The predicted octanol–water partition coefficient (Wildman–Crippen LogP) is 2.79. The highest BCUT2D eigenvalue weighted by Crippen LogP contribution is 2.35. The summed E-state index contributed by atoms with van der Waals surface area (Å²) in [6.45, 7) is 0.752. The minimum Gasteiger partial charge on any atom is -0.493 e. The number of rotatable bonds is 2. The first kappa shape index (κ1) is 12.8. The lowest BCUT2D eigenvalue weighted by molar-refractivity contribution is 0.220. The van der Waals surface area contributed by atoms with E-state index in [0.717, 1.165) is 50.0 Å². The molecule has 2 N–H and O–H groups in total. The van der Waals surface area contributed by atoms with Gasteiger partial charge in [-0.2, -0.15) is 4.98 Å². The molecule has 5 nitrogen and oxygen atoms in total. The van der Waals surface area contributed by atoms with Crippen molar-refractivity contribution < 1.29 is 9.26 Å². The summed E-state index contributed by atoms with van der Waals surface area (Å²) in [5, 5.41) is 4.13. The fourth-order valence-corrected chi connectivity index (χ4v) is 3.27. The molecule has 0 unspecified atom stereocenters. The molecule has 0 spiro atoms. The Hall–Kier alpha value is -1.88. The Balaban J connectivity index is 1.65. The van der Waals surface area contributed by atoms with E-state index in [1.54, 1.807) is 0 Å². The lowest BCUT2D eigenvalue weighted by Gasteiger charge is -2.29. The van der Waals surface area contributed by atoms with Crippen molar-refractivity contribution in [1.29, 1.82) is 0 Å². The van der Waals surface area contributed by atoms with Gasteiger partial charge in [0.1, 0.15) is 5.75 Å². The second-order valence-electron chi connectivity index (χ2n) is 6.06. The number of nitrogens with zero attached hydrogens (tertiary/aromatic N) is 2.